The van der Waals surface area contributed by atoms with E-state index in [1.165, 1.54) is 5.56 Å². The third-order valence-corrected chi connectivity index (χ3v) is 4.11. The minimum Gasteiger partial charge on any atom is -0.359 e. The van der Waals surface area contributed by atoms with Gasteiger partial charge in [-0.3, -0.25) is 10.4 Å². The third-order valence-electron chi connectivity index (χ3n) is 3.90. The molecule has 5 nitrogen and oxygen atoms in total. The van der Waals surface area contributed by atoms with E-state index < -0.39 is 0 Å². The first kappa shape index (κ1) is 18.1. The molecule has 2 aromatic carbocycles. The lowest BCUT2D eigenvalue weighted by Gasteiger charge is -2.13. The number of hydrogen-bond acceptors (Lipinski definition) is 4. The van der Waals surface area contributed by atoms with Crippen LogP contribution in [0.4, 0.5) is 5.69 Å². The number of anilines is 1. The number of hydrogen-bond donors (Lipinski definition) is 2. The third kappa shape index (κ3) is 4.89. The van der Waals surface area contributed by atoms with Crippen molar-refractivity contribution in [1.29, 1.82) is 0 Å². The van der Waals surface area contributed by atoms with E-state index in [9.17, 15) is 0 Å². The van der Waals surface area contributed by atoms with Crippen molar-refractivity contribution in [3.8, 4) is 0 Å². The summed E-state index contributed by atoms with van der Waals surface area (Å²) in [6.07, 6.45) is 2.71. The zero-order valence-corrected chi connectivity index (χ0v) is 15.8. The zero-order valence-electron chi connectivity index (χ0n) is 15.0. The van der Waals surface area contributed by atoms with Crippen molar-refractivity contribution in [2.75, 3.05) is 11.6 Å². The maximum absolute atomic E-state index is 5.13. The minimum absolute atomic E-state index is 0.284. The van der Waals surface area contributed by atoms with Gasteiger partial charge in [-0.15, -0.1) is 0 Å². The second kappa shape index (κ2) is 8.58. The number of nitrogens with one attached hydrogen (secondary N) is 2. The molecular formula is C20H23N5S. The van der Waals surface area contributed by atoms with Gasteiger partial charge in [0.1, 0.15) is 0 Å². The Balaban J connectivity index is 1.60. The van der Waals surface area contributed by atoms with Crippen LogP contribution in [0.1, 0.15) is 31.4 Å². The highest BCUT2D eigenvalue weighted by molar-refractivity contribution is 7.80. The van der Waals surface area contributed by atoms with E-state index in [0.29, 0.717) is 5.11 Å². The van der Waals surface area contributed by atoms with Crippen LogP contribution in [0.25, 0.3) is 0 Å². The summed E-state index contributed by atoms with van der Waals surface area (Å²) in [6.45, 7) is 4.95. The van der Waals surface area contributed by atoms with E-state index >= 15 is 0 Å². The molecule has 26 heavy (non-hydrogen) atoms. The van der Waals surface area contributed by atoms with Crippen molar-refractivity contribution in [2.45, 2.75) is 26.3 Å². The predicted octanol–water partition coefficient (Wildman–Crippen LogP) is 3.51. The van der Waals surface area contributed by atoms with E-state index in [1.807, 2.05) is 49.2 Å². The fourth-order valence-electron chi connectivity index (χ4n) is 2.67. The smallest absolute Gasteiger partial charge is 0.187 e. The van der Waals surface area contributed by atoms with Crippen LogP contribution in [0, 0.1) is 0 Å². The normalized spacial score (nSPS) is 14.0. The van der Waals surface area contributed by atoms with Crippen LogP contribution < -0.4 is 15.8 Å². The first-order valence-electron chi connectivity index (χ1n) is 8.72. The Kier molecular flexibility index (Phi) is 5.96. The molecule has 0 amide bonds. The summed E-state index contributed by atoms with van der Waals surface area (Å²) in [7, 11) is 0. The Morgan fingerprint density at radius 2 is 1.88 bits per heavy atom. The molecule has 0 aromatic heterocycles. The lowest BCUT2D eigenvalue weighted by Crippen LogP contribution is -2.36. The Morgan fingerprint density at radius 3 is 2.58 bits per heavy atom. The fourth-order valence-corrected chi connectivity index (χ4v) is 2.96. The second-order valence-corrected chi connectivity index (χ2v) is 6.78. The first-order valence-corrected chi connectivity index (χ1v) is 9.13. The highest BCUT2D eigenvalue weighted by Gasteiger charge is 2.16. The fraction of sp³-hybridized carbons (Fsp3) is 0.250. The van der Waals surface area contributed by atoms with E-state index in [1.54, 1.807) is 6.21 Å². The van der Waals surface area contributed by atoms with Crippen molar-refractivity contribution in [3.05, 3.63) is 65.7 Å². The molecule has 3 rings (SSSR count). The van der Waals surface area contributed by atoms with Gasteiger partial charge in [-0.1, -0.05) is 42.5 Å². The van der Waals surface area contributed by atoms with Crippen LogP contribution in [0.5, 0.6) is 0 Å². The van der Waals surface area contributed by atoms with Crippen LogP contribution in [0.15, 0.2) is 64.8 Å². The molecule has 134 valence electrons. The average Bonchev–Trinajstić information content (AvgIpc) is 3.12. The molecule has 0 saturated heterocycles. The summed E-state index contributed by atoms with van der Waals surface area (Å²) in [4.78, 5) is 0. The van der Waals surface area contributed by atoms with Crippen molar-refractivity contribution in [2.24, 2.45) is 10.2 Å². The zero-order chi connectivity index (χ0) is 18.4. The Bertz CT molecular complexity index is 797. The minimum atomic E-state index is 0.284. The van der Waals surface area contributed by atoms with Gasteiger partial charge in [-0.25, -0.2) is 0 Å². The Labute approximate surface area is 159 Å². The van der Waals surface area contributed by atoms with Crippen LogP contribution in [-0.4, -0.2) is 29.6 Å². The standard InChI is InChI=1S/C20H23N5S/c1-15(2)22-20(26)23-21-14-16-8-10-18(11-9-16)25-13-12-19(24-25)17-6-4-3-5-7-17/h3-11,14-15H,12-13H2,1-2H3,(H2,22,23,26). The van der Waals surface area contributed by atoms with E-state index in [4.69, 9.17) is 17.3 Å². The predicted molar refractivity (Wildman–Crippen MR) is 113 cm³/mol. The molecule has 0 fully saturated rings. The number of hydrazone groups is 2. The maximum atomic E-state index is 5.13. The van der Waals surface area contributed by atoms with Gasteiger partial charge >= 0.3 is 0 Å². The van der Waals surface area contributed by atoms with Crippen molar-refractivity contribution < 1.29 is 0 Å². The van der Waals surface area contributed by atoms with E-state index in [0.717, 1.165) is 29.9 Å². The molecule has 1 aliphatic heterocycles. The van der Waals surface area contributed by atoms with Gasteiger partial charge in [0, 0.05) is 19.0 Å². The molecule has 0 atom stereocenters. The molecule has 0 bridgehead atoms. The van der Waals surface area contributed by atoms with Crippen molar-refractivity contribution >= 4 is 34.9 Å². The first-order chi connectivity index (χ1) is 12.6. The quantitative estimate of drug-likeness (QED) is 0.484. The number of benzene rings is 2. The molecule has 1 aliphatic rings. The summed E-state index contributed by atoms with van der Waals surface area (Å²) >= 11 is 5.13. The largest absolute Gasteiger partial charge is 0.359 e. The lowest BCUT2D eigenvalue weighted by molar-refractivity contribution is 0.720. The molecule has 0 saturated carbocycles. The van der Waals surface area contributed by atoms with Crippen LogP contribution in [-0.2, 0) is 0 Å². The summed E-state index contributed by atoms with van der Waals surface area (Å²) in [6, 6.07) is 18.8. The summed E-state index contributed by atoms with van der Waals surface area (Å²) in [5.41, 5.74) is 7.22. The van der Waals surface area contributed by atoms with E-state index in [2.05, 4.69) is 40.1 Å². The number of nitrogens with zero attached hydrogens (tertiary/aromatic N) is 3. The van der Waals surface area contributed by atoms with Gasteiger partial charge < -0.3 is 5.32 Å². The van der Waals surface area contributed by atoms with Gasteiger partial charge in [-0.2, -0.15) is 10.2 Å². The van der Waals surface area contributed by atoms with E-state index in [-0.39, 0.29) is 6.04 Å². The van der Waals surface area contributed by atoms with Crippen molar-refractivity contribution in [3.63, 3.8) is 0 Å². The van der Waals surface area contributed by atoms with Gasteiger partial charge in [-0.05, 0) is 49.3 Å². The van der Waals surface area contributed by atoms with Gasteiger partial charge in [0.25, 0.3) is 0 Å². The van der Waals surface area contributed by atoms with Gasteiger partial charge in [0.15, 0.2) is 5.11 Å². The lowest BCUT2D eigenvalue weighted by atomic mass is 10.1. The highest BCUT2D eigenvalue weighted by Crippen LogP contribution is 2.21. The SMILES string of the molecule is CC(C)NC(=S)NN=Cc1ccc(N2CCC(c3ccccc3)=N2)cc1. The van der Waals surface area contributed by atoms with Gasteiger partial charge in [0.05, 0.1) is 17.6 Å². The molecule has 2 N–H and O–H groups in total. The molecule has 6 heteroatoms. The molecular weight excluding hydrogens is 342 g/mol. The number of thiocarbonyl (C=S) groups is 1. The summed E-state index contributed by atoms with van der Waals surface area (Å²) in [5.74, 6) is 0. The number of rotatable bonds is 5. The van der Waals surface area contributed by atoms with Crippen molar-refractivity contribution in [1.82, 2.24) is 10.7 Å². The molecule has 1 heterocycles. The molecule has 0 spiro atoms. The Hall–Kier alpha value is -2.73. The second-order valence-electron chi connectivity index (χ2n) is 6.38. The van der Waals surface area contributed by atoms with Crippen LogP contribution in [0.2, 0.25) is 0 Å². The maximum Gasteiger partial charge on any atom is 0.187 e. The topological polar surface area (TPSA) is 52.0 Å². The molecule has 0 radical (unpaired) electrons. The summed E-state index contributed by atoms with van der Waals surface area (Å²) in [5, 5.41) is 14.5. The highest BCUT2D eigenvalue weighted by atomic mass is 32.1. The molecule has 0 aliphatic carbocycles. The molecule has 0 unspecified atom stereocenters. The summed E-state index contributed by atoms with van der Waals surface area (Å²) < 4.78 is 0. The van der Waals surface area contributed by atoms with Gasteiger partial charge in [0.2, 0.25) is 0 Å². The molecule has 2 aromatic rings. The average molecular weight is 366 g/mol. The van der Waals surface area contributed by atoms with Crippen LogP contribution in [0.3, 0.4) is 0 Å². The monoisotopic (exact) mass is 365 g/mol. The van der Waals surface area contributed by atoms with Crippen LogP contribution >= 0.6 is 12.2 Å². The Morgan fingerprint density at radius 1 is 1.15 bits per heavy atom.